The smallest absolute Gasteiger partial charge is 0.319 e. The quantitative estimate of drug-likeness (QED) is 0.835. The van der Waals surface area contributed by atoms with Crippen LogP contribution in [0.1, 0.15) is 30.5 Å². The Kier molecular flexibility index (Phi) is 6.64. The summed E-state index contributed by atoms with van der Waals surface area (Å²) in [5.41, 5.74) is 3.52. The van der Waals surface area contributed by atoms with Crippen LogP contribution in [-0.4, -0.2) is 36.2 Å². The lowest BCUT2D eigenvalue weighted by atomic mass is 10.1. The van der Waals surface area contributed by atoms with Crippen LogP contribution in [-0.2, 0) is 17.8 Å². The van der Waals surface area contributed by atoms with Gasteiger partial charge in [0.25, 0.3) is 0 Å². The molecule has 0 spiro atoms. The van der Waals surface area contributed by atoms with Gasteiger partial charge in [0, 0.05) is 31.9 Å². The summed E-state index contributed by atoms with van der Waals surface area (Å²) in [6, 6.07) is 16.9. The highest BCUT2D eigenvalue weighted by molar-refractivity contribution is 5.89. The van der Waals surface area contributed by atoms with Gasteiger partial charge in [-0.1, -0.05) is 24.3 Å². The molecule has 6 heteroatoms. The van der Waals surface area contributed by atoms with Crippen LogP contribution in [0.5, 0.6) is 0 Å². The van der Waals surface area contributed by atoms with Gasteiger partial charge in [-0.05, 0) is 49.2 Å². The number of urea groups is 1. The fourth-order valence-corrected chi connectivity index (χ4v) is 3.42. The van der Waals surface area contributed by atoms with Crippen molar-refractivity contribution in [2.45, 2.75) is 39.1 Å². The molecule has 2 atom stereocenters. The molecule has 6 nitrogen and oxygen atoms in total. The van der Waals surface area contributed by atoms with Crippen molar-refractivity contribution in [2.24, 2.45) is 0 Å². The van der Waals surface area contributed by atoms with Gasteiger partial charge in [0.2, 0.25) is 0 Å². The maximum atomic E-state index is 12.0. The minimum Gasteiger partial charge on any atom is -0.373 e. The van der Waals surface area contributed by atoms with Gasteiger partial charge in [-0.25, -0.2) is 4.79 Å². The van der Waals surface area contributed by atoms with Gasteiger partial charge < -0.3 is 15.4 Å². The zero-order chi connectivity index (χ0) is 19.9. The van der Waals surface area contributed by atoms with E-state index in [9.17, 15) is 4.79 Å². The van der Waals surface area contributed by atoms with Crippen LogP contribution in [0.4, 0.5) is 10.5 Å². The first-order chi connectivity index (χ1) is 13.5. The van der Waals surface area contributed by atoms with Crippen molar-refractivity contribution in [1.29, 1.82) is 5.26 Å². The van der Waals surface area contributed by atoms with Crippen molar-refractivity contribution in [3.63, 3.8) is 0 Å². The number of nitrogens with one attached hydrogen (secondary N) is 2. The predicted octanol–water partition coefficient (Wildman–Crippen LogP) is 3.49. The van der Waals surface area contributed by atoms with E-state index in [4.69, 9.17) is 10.00 Å². The van der Waals surface area contributed by atoms with E-state index in [1.165, 1.54) is 5.56 Å². The first-order valence-corrected chi connectivity index (χ1v) is 9.52. The normalized spacial score (nSPS) is 19.6. The van der Waals surface area contributed by atoms with Gasteiger partial charge in [0.1, 0.15) is 0 Å². The molecular formula is C22H26N4O2. The van der Waals surface area contributed by atoms with Crippen molar-refractivity contribution in [3.8, 4) is 6.07 Å². The van der Waals surface area contributed by atoms with Crippen LogP contribution < -0.4 is 10.6 Å². The molecule has 2 N–H and O–H groups in total. The molecule has 1 fully saturated rings. The van der Waals surface area contributed by atoms with E-state index in [1.807, 2.05) is 12.1 Å². The van der Waals surface area contributed by atoms with Crippen molar-refractivity contribution < 1.29 is 9.53 Å². The molecule has 0 radical (unpaired) electrons. The minimum absolute atomic E-state index is 0.266. The topological polar surface area (TPSA) is 77.4 Å². The Bertz CT molecular complexity index is 817. The molecule has 1 aliphatic rings. The van der Waals surface area contributed by atoms with E-state index in [-0.39, 0.29) is 18.2 Å². The zero-order valence-electron chi connectivity index (χ0n) is 16.3. The van der Waals surface area contributed by atoms with E-state index < -0.39 is 0 Å². The fraction of sp³-hybridized carbons (Fsp3) is 0.364. The highest BCUT2D eigenvalue weighted by atomic mass is 16.5. The van der Waals surface area contributed by atoms with Crippen molar-refractivity contribution in [3.05, 3.63) is 65.2 Å². The average molecular weight is 378 g/mol. The molecule has 1 saturated heterocycles. The number of carbonyl (C=O) groups excluding carboxylic acids is 1. The summed E-state index contributed by atoms with van der Waals surface area (Å²) in [5.74, 6) is 0. The monoisotopic (exact) mass is 378 g/mol. The van der Waals surface area contributed by atoms with E-state index >= 15 is 0 Å². The fourth-order valence-electron chi connectivity index (χ4n) is 3.42. The number of ether oxygens (including phenoxy) is 1. The molecule has 1 aliphatic heterocycles. The second kappa shape index (κ2) is 9.36. The van der Waals surface area contributed by atoms with Crippen LogP contribution >= 0.6 is 0 Å². The third-order valence-electron chi connectivity index (χ3n) is 4.65. The third-order valence-corrected chi connectivity index (χ3v) is 4.65. The Balaban J connectivity index is 1.46. The van der Waals surface area contributed by atoms with E-state index in [1.54, 1.807) is 24.3 Å². The average Bonchev–Trinajstić information content (AvgIpc) is 2.67. The number of anilines is 1. The van der Waals surface area contributed by atoms with E-state index in [0.29, 0.717) is 17.8 Å². The number of nitriles is 1. The summed E-state index contributed by atoms with van der Waals surface area (Å²) >= 11 is 0. The predicted molar refractivity (Wildman–Crippen MR) is 109 cm³/mol. The number of amides is 2. The number of morpholine rings is 1. The lowest BCUT2D eigenvalue weighted by Crippen LogP contribution is -2.44. The van der Waals surface area contributed by atoms with Crippen LogP contribution in [0.25, 0.3) is 0 Å². The number of nitrogens with zero attached hydrogens (tertiary/aromatic N) is 2. The lowest BCUT2D eigenvalue weighted by molar-refractivity contribution is -0.0704. The molecule has 2 amide bonds. The van der Waals surface area contributed by atoms with Gasteiger partial charge in [-0.3, -0.25) is 4.90 Å². The highest BCUT2D eigenvalue weighted by Gasteiger charge is 2.21. The summed E-state index contributed by atoms with van der Waals surface area (Å²) < 4.78 is 5.78. The van der Waals surface area contributed by atoms with E-state index in [2.05, 4.69) is 47.6 Å². The van der Waals surface area contributed by atoms with Crippen molar-refractivity contribution in [2.75, 3.05) is 18.4 Å². The number of hydrogen-bond acceptors (Lipinski definition) is 4. The standard InChI is InChI=1S/C22H26N4O2/c1-16-13-26(14-17(2)28-16)15-20-5-3-19(4-6-20)12-24-22(27)25-21-9-7-18(11-23)8-10-21/h3-10,16-17H,12-15H2,1-2H3,(H2,24,25,27). The number of rotatable bonds is 5. The first-order valence-electron chi connectivity index (χ1n) is 9.52. The Morgan fingerprint density at radius 1 is 1.07 bits per heavy atom. The lowest BCUT2D eigenvalue weighted by Gasteiger charge is -2.35. The van der Waals surface area contributed by atoms with Crippen molar-refractivity contribution >= 4 is 11.7 Å². The van der Waals surface area contributed by atoms with Gasteiger partial charge in [-0.15, -0.1) is 0 Å². The van der Waals surface area contributed by atoms with Gasteiger partial charge in [0.05, 0.1) is 23.8 Å². The summed E-state index contributed by atoms with van der Waals surface area (Å²) in [6.45, 7) is 7.48. The molecule has 28 heavy (non-hydrogen) atoms. The Labute approximate surface area is 166 Å². The second-order valence-corrected chi connectivity index (χ2v) is 7.26. The van der Waals surface area contributed by atoms with Gasteiger partial charge in [0.15, 0.2) is 0 Å². The summed E-state index contributed by atoms with van der Waals surface area (Å²) in [6.07, 6.45) is 0.531. The van der Waals surface area contributed by atoms with Gasteiger partial charge in [-0.2, -0.15) is 5.26 Å². The second-order valence-electron chi connectivity index (χ2n) is 7.26. The molecule has 2 aromatic rings. The molecule has 0 bridgehead atoms. The Morgan fingerprint density at radius 2 is 1.68 bits per heavy atom. The number of benzene rings is 2. The SMILES string of the molecule is CC1CN(Cc2ccc(CNC(=O)Nc3ccc(C#N)cc3)cc2)CC(C)O1. The third kappa shape index (κ3) is 5.81. The minimum atomic E-state index is -0.273. The van der Waals surface area contributed by atoms with Crippen LogP contribution in [0.15, 0.2) is 48.5 Å². The van der Waals surface area contributed by atoms with Crippen LogP contribution in [0, 0.1) is 11.3 Å². The summed E-state index contributed by atoms with van der Waals surface area (Å²) in [7, 11) is 0. The van der Waals surface area contributed by atoms with Crippen LogP contribution in [0.2, 0.25) is 0 Å². The highest BCUT2D eigenvalue weighted by Crippen LogP contribution is 2.15. The maximum absolute atomic E-state index is 12.0. The van der Waals surface area contributed by atoms with Gasteiger partial charge >= 0.3 is 6.03 Å². The number of carbonyl (C=O) groups is 1. The molecule has 146 valence electrons. The molecule has 2 aromatic carbocycles. The molecule has 0 aromatic heterocycles. The maximum Gasteiger partial charge on any atom is 0.319 e. The van der Waals surface area contributed by atoms with Crippen LogP contribution in [0.3, 0.4) is 0 Å². The largest absolute Gasteiger partial charge is 0.373 e. The molecule has 2 unspecified atom stereocenters. The Hall–Kier alpha value is -2.88. The molecule has 3 rings (SSSR count). The zero-order valence-corrected chi connectivity index (χ0v) is 16.3. The van der Waals surface area contributed by atoms with Crippen molar-refractivity contribution in [1.82, 2.24) is 10.2 Å². The first kappa shape index (κ1) is 19.9. The number of hydrogen-bond donors (Lipinski definition) is 2. The van der Waals surface area contributed by atoms with E-state index in [0.717, 1.165) is 25.2 Å². The molecule has 0 aliphatic carbocycles. The summed E-state index contributed by atoms with van der Waals surface area (Å²) in [5, 5.41) is 14.4. The molecular weight excluding hydrogens is 352 g/mol. The molecule has 0 saturated carbocycles. The Morgan fingerprint density at radius 3 is 2.29 bits per heavy atom. The summed E-state index contributed by atoms with van der Waals surface area (Å²) in [4.78, 5) is 14.4. The molecule has 1 heterocycles.